The largest absolute Gasteiger partial charge is 0.352 e. The van der Waals surface area contributed by atoms with Gasteiger partial charge in [-0.15, -0.1) is 0 Å². The van der Waals surface area contributed by atoms with Gasteiger partial charge in [-0.25, -0.2) is 0 Å². The highest BCUT2D eigenvalue weighted by atomic mass is 32.2. The Bertz CT molecular complexity index is 504. The molecule has 1 aromatic rings. The maximum Gasteiger partial charge on any atom is 0.237 e. The number of fused-ring (bicyclic) bond motifs is 1. The summed E-state index contributed by atoms with van der Waals surface area (Å²) in [4.78, 5) is 12.2. The topological polar surface area (TPSA) is 58.2 Å². The molecule has 1 aromatic carbocycles. The van der Waals surface area contributed by atoms with Crippen molar-refractivity contribution in [1.82, 2.24) is 10.6 Å². The first-order chi connectivity index (χ1) is 9.56. The van der Waals surface area contributed by atoms with E-state index in [0.717, 1.165) is 19.4 Å². The standard InChI is InChI=1S/C15H22N2O2S/c1-11(7-8-20(2)19)17-15(18)14-9-12-5-3-4-6-13(12)10-16-14/h3-6,11,14,16H,7-10H2,1-2H3,(H,17,18)/t11?,14-,20?/m1/s1. The van der Waals surface area contributed by atoms with Crippen molar-refractivity contribution in [3.63, 3.8) is 0 Å². The predicted octanol–water partition coefficient (Wildman–Crippen LogP) is 0.974. The molecule has 0 saturated carbocycles. The average Bonchev–Trinajstić information content (AvgIpc) is 2.44. The molecule has 5 heteroatoms. The van der Waals surface area contributed by atoms with Crippen LogP contribution in [0.3, 0.4) is 0 Å². The fraction of sp³-hybridized carbons (Fsp3) is 0.533. The molecular formula is C15H22N2O2S. The SMILES string of the molecule is CC(CCS(C)=O)NC(=O)[C@H]1Cc2ccccc2CN1. The van der Waals surface area contributed by atoms with Crippen molar-refractivity contribution in [1.29, 1.82) is 0 Å². The summed E-state index contributed by atoms with van der Waals surface area (Å²) in [5.74, 6) is 0.663. The normalized spacial score (nSPS) is 20.8. The Balaban J connectivity index is 1.87. The van der Waals surface area contributed by atoms with Gasteiger partial charge < -0.3 is 10.6 Å². The van der Waals surface area contributed by atoms with Crippen LogP contribution in [-0.2, 0) is 28.6 Å². The molecule has 1 aliphatic rings. The molecule has 2 rings (SSSR count). The van der Waals surface area contributed by atoms with Gasteiger partial charge in [0, 0.05) is 35.4 Å². The molecule has 1 amide bonds. The minimum Gasteiger partial charge on any atom is -0.352 e. The molecule has 1 heterocycles. The maximum atomic E-state index is 12.2. The molecule has 110 valence electrons. The number of carbonyl (C=O) groups excluding carboxylic acids is 1. The minimum absolute atomic E-state index is 0.0360. The molecule has 0 spiro atoms. The van der Waals surface area contributed by atoms with Gasteiger partial charge in [-0.1, -0.05) is 24.3 Å². The van der Waals surface area contributed by atoms with E-state index in [-0.39, 0.29) is 18.0 Å². The molecule has 4 nitrogen and oxygen atoms in total. The first-order valence-electron chi connectivity index (χ1n) is 6.97. The molecule has 0 fully saturated rings. The second kappa shape index (κ2) is 6.99. The van der Waals surface area contributed by atoms with Crippen LogP contribution in [0.5, 0.6) is 0 Å². The predicted molar refractivity (Wildman–Crippen MR) is 81.9 cm³/mol. The van der Waals surface area contributed by atoms with Crippen LogP contribution in [0.15, 0.2) is 24.3 Å². The van der Waals surface area contributed by atoms with E-state index in [9.17, 15) is 9.00 Å². The lowest BCUT2D eigenvalue weighted by atomic mass is 9.95. The third kappa shape index (κ3) is 4.15. The van der Waals surface area contributed by atoms with Crippen LogP contribution in [0.4, 0.5) is 0 Å². The zero-order valence-corrected chi connectivity index (χ0v) is 12.8. The van der Waals surface area contributed by atoms with Gasteiger partial charge in [-0.05, 0) is 30.9 Å². The summed E-state index contributed by atoms with van der Waals surface area (Å²) >= 11 is 0. The molecule has 1 aliphatic heterocycles. The number of carbonyl (C=O) groups is 1. The Morgan fingerprint density at radius 3 is 2.85 bits per heavy atom. The Labute approximate surface area is 122 Å². The summed E-state index contributed by atoms with van der Waals surface area (Å²) in [7, 11) is -0.802. The molecule has 0 bridgehead atoms. The van der Waals surface area contributed by atoms with Crippen LogP contribution in [0, 0.1) is 0 Å². The summed E-state index contributed by atoms with van der Waals surface area (Å²) in [6, 6.07) is 8.10. The third-order valence-electron chi connectivity index (χ3n) is 3.62. The highest BCUT2D eigenvalue weighted by molar-refractivity contribution is 7.84. The molecule has 20 heavy (non-hydrogen) atoms. The summed E-state index contributed by atoms with van der Waals surface area (Å²) in [5.41, 5.74) is 2.51. The number of hydrogen-bond donors (Lipinski definition) is 2. The minimum atomic E-state index is -0.802. The van der Waals surface area contributed by atoms with Gasteiger partial charge in [0.05, 0.1) is 6.04 Å². The van der Waals surface area contributed by atoms with E-state index in [1.165, 1.54) is 11.1 Å². The van der Waals surface area contributed by atoms with E-state index in [0.29, 0.717) is 5.75 Å². The maximum absolute atomic E-state index is 12.2. The van der Waals surface area contributed by atoms with E-state index in [1.807, 2.05) is 19.1 Å². The fourth-order valence-corrected chi connectivity index (χ4v) is 3.08. The van der Waals surface area contributed by atoms with Gasteiger partial charge in [-0.2, -0.15) is 0 Å². The Kier molecular flexibility index (Phi) is 5.31. The smallest absolute Gasteiger partial charge is 0.237 e. The van der Waals surface area contributed by atoms with Gasteiger partial charge >= 0.3 is 0 Å². The number of nitrogens with one attached hydrogen (secondary N) is 2. The second-order valence-electron chi connectivity index (χ2n) is 5.38. The lowest BCUT2D eigenvalue weighted by Crippen LogP contribution is -2.50. The average molecular weight is 294 g/mol. The molecule has 0 saturated heterocycles. The number of rotatable bonds is 5. The summed E-state index contributed by atoms with van der Waals surface area (Å²) in [6.45, 7) is 2.70. The van der Waals surface area contributed by atoms with Gasteiger partial charge in [-0.3, -0.25) is 9.00 Å². The van der Waals surface area contributed by atoms with Crippen molar-refractivity contribution in [2.24, 2.45) is 0 Å². The zero-order valence-electron chi connectivity index (χ0n) is 12.0. The highest BCUT2D eigenvalue weighted by Gasteiger charge is 2.24. The van der Waals surface area contributed by atoms with Crippen molar-refractivity contribution >= 4 is 16.7 Å². The second-order valence-corrected chi connectivity index (χ2v) is 6.94. The van der Waals surface area contributed by atoms with Crippen molar-refractivity contribution in [3.05, 3.63) is 35.4 Å². The van der Waals surface area contributed by atoms with Crippen molar-refractivity contribution in [3.8, 4) is 0 Å². The van der Waals surface area contributed by atoms with Crippen LogP contribution in [0.2, 0.25) is 0 Å². The van der Waals surface area contributed by atoms with Gasteiger partial charge in [0.25, 0.3) is 0 Å². The number of hydrogen-bond acceptors (Lipinski definition) is 3. The Morgan fingerprint density at radius 2 is 2.15 bits per heavy atom. The first kappa shape index (κ1) is 15.2. The summed E-state index contributed by atoms with van der Waals surface area (Å²) < 4.78 is 11.1. The van der Waals surface area contributed by atoms with Crippen LogP contribution >= 0.6 is 0 Å². The fourth-order valence-electron chi connectivity index (χ4n) is 2.40. The van der Waals surface area contributed by atoms with Gasteiger partial charge in [0.15, 0.2) is 0 Å². The molecule has 0 aromatic heterocycles. The van der Waals surface area contributed by atoms with Crippen molar-refractivity contribution in [2.45, 2.75) is 38.4 Å². The zero-order chi connectivity index (χ0) is 14.5. The van der Waals surface area contributed by atoms with Crippen LogP contribution < -0.4 is 10.6 Å². The van der Waals surface area contributed by atoms with E-state index >= 15 is 0 Å². The van der Waals surface area contributed by atoms with E-state index in [4.69, 9.17) is 0 Å². The lowest BCUT2D eigenvalue weighted by molar-refractivity contribution is -0.123. The molecule has 2 unspecified atom stereocenters. The van der Waals surface area contributed by atoms with Gasteiger partial charge in [0.2, 0.25) is 5.91 Å². The summed E-state index contributed by atoms with van der Waals surface area (Å²) in [6.07, 6.45) is 3.17. The van der Waals surface area contributed by atoms with Gasteiger partial charge in [0.1, 0.15) is 0 Å². The highest BCUT2D eigenvalue weighted by Crippen LogP contribution is 2.16. The van der Waals surface area contributed by atoms with Crippen LogP contribution in [-0.4, -0.2) is 34.2 Å². The lowest BCUT2D eigenvalue weighted by Gasteiger charge is -2.26. The van der Waals surface area contributed by atoms with Crippen molar-refractivity contribution < 1.29 is 9.00 Å². The van der Waals surface area contributed by atoms with Crippen molar-refractivity contribution in [2.75, 3.05) is 12.0 Å². The number of amides is 1. The Morgan fingerprint density at radius 1 is 1.45 bits per heavy atom. The third-order valence-corrected chi connectivity index (χ3v) is 4.44. The first-order valence-corrected chi connectivity index (χ1v) is 8.69. The van der Waals surface area contributed by atoms with Crippen LogP contribution in [0.1, 0.15) is 24.5 Å². The Hall–Kier alpha value is -1.20. The van der Waals surface area contributed by atoms with E-state index < -0.39 is 10.8 Å². The molecule has 3 atom stereocenters. The molecule has 0 radical (unpaired) electrons. The number of benzene rings is 1. The summed E-state index contributed by atoms with van der Waals surface area (Å²) in [5, 5.41) is 6.27. The quantitative estimate of drug-likeness (QED) is 0.851. The molecule has 0 aliphatic carbocycles. The molecular weight excluding hydrogens is 272 g/mol. The van der Waals surface area contributed by atoms with E-state index in [2.05, 4.69) is 22.8 Å². The monoisotopic (exact) mass is 294 g/mol. The van der Waals surface area contributed by atoms with E-state index in [1.54, 1.807) is 6.26 Å². The molecule has 2 N–H and O–H groups in total. The van der Waals surface area contributed by atoms with Crippen LogP contribution in [0.25, 0.3) is 0 Å².